The molecule has 12 heteroatoms. The van der Waals surface area contributed by atoms with E-state index in [2.05, 4.69) is 4.18 Å². The molecule has 0 radical (unpaired) electrons. The van der Waals surface area contributed by atoms with Crippen LogP contribution in [0.25, 0.3) is 0 Å². The van der Waals surface area contributed by atoms with Gasteiger partial charge in [0.1, 0.15) is 10.6 Å². The third-order valence-corrected chi connectivity index (χ3v) is 5.47. The maximum Gasteiger partial charge on any atom is 0.416 e. The van der Waals surface area contributed by atoms with Crippen molar-refractivity contribution < 1.29 is 43.7 Å². The molecule has 5 nitrogen and oxygen atoms in total. The molecule has 31 heavy (non-hydrogen) atoms. The molecule has 2 aromatic rings. The van der Waals surface area contributed by atoms with Crippen molar-refractivity contribution >= 4 is 16.0 Å². The second-order valence-corrected chi connectivity index (χ2v) is 7.83. The van der Waals surface area contributed by atoms with Crippen molar-refractivity contribution in [2.75, 3.05) is 13.1 Å². The molecule has 0 aliphatic heterocycles. The summed E-state index contributed by atoms with van der Waals surface area (Å²) < 4.78 is 107. The lowest BCUT2D eigenvalue weighted by Gasteiger charge is -2.18. The van der Waals surface area contributed by atoms with Crippen molar-refractivity contribution in [3.05, 3.63) is 59.2 Å². The van der Waals surface area contributed by atoms with Crippen molar-refractivity contribution in [3.63, 3.8) is 0 Å². The van der Waals surface area contributed by atoms with Gasteiger partial charge in [-0.05, 0) is 56.3 Å². The van der Waals surface area contributed by atoms with Gasteiger partial charge in [-0.25, -0.2) is 0 Å². The van der Waals surface area contributed by atoms with E-state index in [1.165, 1.54) is 17.0 Å². The maximum absolute atomic E-state index is 12.9. The van der Waals surface area contributed by atoms with Crippen LogP contribution in [-0.4, -0.2) is 32.3 Å². The Balaban J connectivity index is 2.39. The van der Waals surface area contributed by atoms with E-state index in [0.717, 1.165) is 12.1 Å². The van der Waals surface area contributed by atoms with E-state index in [1.807, 2.05) is 0 Å². The molecule has 2 rings (SSSR count). The highest BCUT2D eigenvalue weighted by Crippen LogP contribution is 2.38. The molecule has 0 heterocycles. The number of amides is 1. The Morgan fingerprint density at radius 3 is 1.71 bits per heavy atom. The molecule has 1 amide bonds. The number of alkyl halides is 6. The summed E-state index contributed by atoms with van der Waals surface area (Å²) in [5, 5.41) is 0. The van der Waals surface area contributed by atoms with E-state index in [-0.39, 0.29) is 29.7 Å². The lowest BCUT2D eigenvalue weighted by atomic mass is 10.1. The summed E-state index contributed by atoms with van der Waals surface area (Å²) in [5.41, 5.74) is -3.28. The molecule has 0 atom stereocenters. The van der Waals surface area contributed by atoms with Crippen LogP contribution in [0.5, 0.6) is 5.75 Å². The predicted octanol–water partition coefficient (Wildman–Crippen LogP) is 4.97. The van der Waals surface area contributed by atoms with Crippen LogP contribution >= 0.6 is 0 Å². The van der Waals surface area contributed by atoms with Gasteiger partial charge in [-0.1, -0.05) is 0 Å². The Kier molecular flexibility index (Phi) is 6.94. The summed E-state index contributed by atoms with van der Waals surface area (Å²) in [7, 11) is -4.77. The van der Waals surface area contributed by atoms with Gasteiger partial charge in [-0.15, -0.1) is 0 Å². The van der Waals surface area contributed by atoms with Crippen LogP contribution in [-0.2, 0) is 22.5 Å². The fraction of sp³-hybridized carbons (Fsp3) is 0.316. The summed E-state index contributed by atoms with van der Waals surface area (Å²) in [6.07, 6.45) is -10.3. The van der Waals surface area contributed by atoms with Gasteiger partial charge in [-0.2, -0.15) is 34.8 Å². The number of hydrogen-bond donors (Lipinski definition) is 0. The molecule has 0 aliphatic rings. The van der Waals surface area contributed by atoms with E-state index in [4.69, 9.17) is 0 Å². The molecule has 0 aliphatic carbocycles. The summed E-state index contributed by atoms with van der Waals surface area (Å²) in [5.74, 6) is -1.52. The number of halogens is 6. The van der Waals surface area contributed by atoms with E-state index in [9.17, 15) is 39.6 Å². The second kappa shape index (κ2) is 8.77. The number of benzene rings is 2. The quantitative estimate of drug-likeness (QED) is 0.443. The van der Waals surface area contributed by atoms with Gasteiger partial charge in [0.15, 0.2) is 0 Å². The van der Waals surface area contributed by atoms with E-state index >= 15 is 0 Å². The van der Waals surface area contributed by atoms with Crippen molar-refractivity contribution in [2.24, 2.45) is 0 Å². The van der Waals surface area contributed by atoms with Crippen LogP contribution in [0.3, 0.4) is 0 Å². The first-order valence-corrected chi connectivity index (χ1v) is 10.2. The molecular weight excluding hydrogens is 452 g/mol. The van der Waals surface area contributed by atoms with Crippen molar-refractivity contribution in [3.8, 4) is 5.75 Å². The highest BCUT2D eigenvalue weighted by molar-refractivity contribution is 7.87. The smallest absolute Gasteiger partial charge is 0.379 e. The largest absolute Gasteiger partial charge is 0.416 e. The zero-order chi connectivity index (χ0) is 23.6. The normalized spacial score (nSPS) is 12.5. The maximum atomic E-state index is 12.9. The minimum absolute atomic E-state index is 0.146. The lowest BCUT2D eigenvalue weighted by Crippen LogP contribution is -2.30. The Morgan fingerprint density at radius 1 is 0.871 bits per heavy atom. The zero-order valence-corrected chi connectivity index (χ0v) is 17.0. The molecular formula is C19H17F6NO4S. The number of rotatable bonds is 6. The first kappa shape index (κ1) is 24.5. The van der Waals surface area contributed by atoms with Gasteiger partial charge in [0.2, 0.25) is 0 Å². The Bertz CT molecular complexity index is 1010. The number of carbonyl (C=O) groups is 1. The van der Waals surface area contributed by atoms with Crippen LogP contribution in [0, 0.1) is 0 Å². The predicted molar refractivity (Wildman–Crippen MR) is 98.0 cm³/mol. The van der Waals surface area contributed by atoms with Crippen LogP contribution in [0.2, 0.25) is 0 Å². The average Bonchev–Trinajstić information content (AvgIpc) is 2.67. The molecule has 0 fully saturated rings. The number of carbonyl (C=O) groups excluding carboxylic acids is 1. The van der Waals surface area contributed by atoms with Gasteiger partial charge >= 0.3 is 22.5 Å². The van der Waals surface area contributed by atoms with Crippen LogP contribution < -0.4 is 4.18 Å². The SMILES string of the molecule is CCN(CC)C(=O)c1ccc(S(=O)(=O)Oc2cc(C(F)(F)F)cc(C(F)(F)F)c2)cc1. The van der Waals surface area contributed by atoms with Crippen molar-refractivity contribution in [1.82, 2.24) is 4.90 Å². The summed E-state index contributed by atoms with van der Waals surface area (Å²) in [6, 6.07) is 4.46. The highest BCUT2D eigenvalue weighted by Gasteiger charge is 2.37. The molecule has 0 spiro atoms. The monoisotopic (exact) mass is 469 g/mol. The van der Waals surface area contributed by atoms with Crippen molar-refractivity contribution in [1.29, 1.82) is 0 Å². The molecule has 0 unspecified atom stereocenters. The van der Waals surface area contributed by atoms with Crippen LogP contribution in [0.4, 0.5) is 26.3 Å². The summed E-state index contributed by atoms with van der Waals surface area (Å²) in [6.45, 7) is 4.32. The average molecular weight is 469 g/mol. The van der Waals surface area contributed by atoms with E-state index in [1.54, 1.807) is 13.8 Å². The molecule has 0 saturated carbocycles. The Hall–Kier alpha value is -2.76. The lowest BCUT2D eigenvalue weighted by molar-refractivity contribution is -0.143. The Labute approximate surface area is 174 Å². The molecule has 0 bridgehead atoms. The molecule has 170 valence electrons. The summed E-state index contributed by atoms with van der Waals surface area (Å²) in [4.78, 5) is 13.2. The second-order valence-electron chi connectivity index (χ2n) is 6.28. The minimum atomic E-state index is -5.16. The standard InChI is InChI=1S/C19H17F6NO4S/c1-3-26(4-2)17(27)12-5-7-16(8-6-12)31(28,29)30-15-10-13(18(20,21)22)9-14(11-15)19(23,24)25/h5-11H,3-4H2,1-2H3. The molecule has 0 N–H and O–H groups in total. The third-order valence-electron chi connectivity index (χ3n) is 4.21. The van der Waals surface area contributed by atoms with Crippen molar-refractivity contribution in [2.45, 2.75) is 31.1 Å². The first-order chi connectivity index (χ1) is 14.2. The topological polar surface area (TPSA) is 63.7 Å². The minimum Gasteiger partial charge on any atom is -0.379 e. The molecule has 0 aromatic heterocycles. The highest BCUT2D eigenvalue weighted by atomic mass is 32.2. The number of hydrogen-bond acceptors (Lipinski definition) is 4. The first-order valence-electron chi connectivity index (χ1n) is 8.82. The third kappa shape index (κ3) is 5.90. The number of nitrogens with zero attached hydrogens (tertiary/aromatic N) is 1. The fourth-order valence-electron chi connectivity index (χ4n) is 2.61. The van der Waals surface area contributed by atoms with Gasteiger partial charge < -0.3 is 9.08 Å². The zero-order valence-electron chi connectivity index (χ0n) is 16.2. The fourth-order valence-corrected chi connectivity index (χ4v) is 3.52. The van der Waals surface area contributed by atoms with E-state index < -0.39 is 44.2 Å². The van der Waals surface area contributed by atoms with Gasteiger partial charge in [0.05, 0.1) is 11.1 Å². The summed E-state index contributed by atoms with van der Waals surface area (Å²) >= 11 is 0. The molecule has 2 aromatic carbocycles. The van der Waals surface area contributed by atoms with Gasteiger partial charge in [-0.3, -0.25) is 4.79 Å². The van der Waals surface area contributed by atoms with Crippen LogP contribution in [0.1, 0.15) is 35.3 Å². The van der Waals surface area contributed by atoms with Gasteiger partial charge in [0.25, 0.3) is 5.91 Å². The molecule has 0 saturated heterocycles. The van der Waals surface area contributed by atoms with E-state index in [0.29, 0.717) is 13.1 Å². The van der Waals surface area contributed by atoms with Crippen LogP contribution in [0.15, 0.2) is 47.4 Å². The van der Waals surface area contributed by atoms with Gasteiger partial charge in [0, 0.05) is 18.7 Å². The Morgan fingerprint density at radius 2 is 1.32 bits per heavy atom.